The van der Waals surface area contributed by atoms with Crippen LogP contribution in [0.25, 0.3) is 0 Å². The molecular weight excluding hydrogens is 362 g/mol. The summed E-state index contributed by atoms with van der Waals surface area (Å²) in [6, 6.07) is 5.48. The number of aromatic nitrogens is 1. The zero-order valence-corrected chi connectivity index (χ0v) is 15.9. The first-order valence-electron chi connectivity index (χ1n) is 9.44. The highest BCUT2D eigenvalue weighted by molar-refractivity contribution is 7.08. The molecule has 2 aromatic rings. The number of hydrogen-bond acceptors (Lipinski definition) is 5. The third-order valence-electron chi connectivity index (χ3n) is 5.26. The number of ether oxygens (including phenoxy) is 1. The molecule has 6 nitrogen and oxygen atoms in total. The fourth-order valence-corrected chi connectivity index (χ4v) is 3.98. The molecule has 1 N–H and O–H groups in total. The van der Waals surface area contributed by atoms with Crippen LogP contribution in [-0.2, 0) is 4.79 Å². The summed E-state index contributed by atoms with van der Waals surface area (Å²) in [6.45, 7) is 1.38. The molecule has 2 aromatic heterocycles. The molecule has 0 bridgehead atoms. The maximum Gasteiger partial charge on any atom is 0.254 e. The average molecular weight is 385 g/mol. The maximum absolute atomic E-state index is 12.4. The molecule has 3 heterocycles. The van der Waals surface area contributed by atoms with Crippen LogP contribution in [0.1, 0.15) is 42.5 Å². The van der Waals surface area contributed by atoms with Crippen LogP contribution in [0.15, 0.2) is 35.2 Å². The summed E-state index contributed by atoms with van der Waals surface area (Å²) in [5.41, 5.74) is 1.47. The topological polar surface area (TPSA) is 71.5 Å². The minimum atomic E-state index is 0.0550. The third-order valence-corrected chi connectivity index (χ3v) is 5.95. The molecular formula is C20H23N3O3S. The number of carbonyl (C=O) groups is 2. The first-order chi connectivity index (χ1) is 13.2. The molecule has 0 atom stereocenters. The number of nitrogens with one attached hydrogen (secondary N) is 1. The summed E-state index contributed by atoms with van der Waals surface area (Å²) in [5, 5.41) is 6.72. The number of thiophene rings is 1. The van der Waals surface area contributed by atoms with Gasteiger partial charge in [-0.25, -0.2) is 4.98 Å². The Kier molecular flexibility index (Phi) is 5.38. The molecule has 1 saturated heterocycles. The van der Waals surface area contributed by atoms with E-state index in [9.17, 15) is 9.59 Å². The van der Waals surface area contributed by atoms with Crippen molar-refractivity contribution >= 4 is 28.8 Å². The van der Waals surface area contributed by atoms with Gasteiger partial charge in [0, 0.05) is 43.3 Å². The molecule has 2 aliphatic rings. The largest absolute Gasteiger partial charge is 0.474 e. The number of amides is 2. The van der Waals surface area contributed by atoms with Crippen molar-refractivity contribution < 1.29 is 14.3 Å². The van der Waals surface area contributed by atoms with Gasteiger partial charge in [0.2, 0.25) is 11.8 Å². The molecule has 0 spiro atoms. The Morgan fingerprint density at radius 1 is 1.15 bits per heavy atom. The van der Waals surface area contributed by atoms with Gasteiger partial charge in [0.1, 0.15) is 6.10 Å². The third kappa shape index (κ3) is 4.30. The van der Waals surface area contributed by atoms with Gasteiger partial charge in [-0.15, -0.1) is 0 Å². The number of rotatable bonds is 5. The van der Waals surface area contributed by atoms with Gasteiger partial charge in [0.15, 0.2) is 0 Å². The molecule has 2 fully saturated rings. The predicted molar refractivity (Wildman–Crippen MR) is 104 cm³/mol. The summed E-state index contributed by atoms with van der Waals surface area (Å²) in [7, 11) is 0. The van der Waals surface area contributed by atoms with Crippen LogP contribution >= 0.6 is 11.3 Å². The lowest BCUT2D eigenvalue weighted by atomic mass is 9.85. The Morgan fingerprint density at radius 3 is 2.56 bits per heavy atom. The highest BCUT2D eigenvalue weighted by Gasteiger charge is 2.26. The Labute approximate surface area is 162 Å². The summed E-state index contributed by atoms with van der Waals surface area (Å²) in [5.74, 6) is 0.890. The van der Waals surface area contributed by atoms with Crippen molar-refractivity contribution in [2.75, 3.05) is 18.4 Å². The fraction of sp³-hybridized carbons (Fsp3) is 0.450. The molecule has 27 heavy (non-hydrogen) atoms. The molecule has 142 valence electrons. The van der Waals surface area contributed by atoms with Gasteiger partial charge in [-0.05, 0) is 30.4 Å². The van der Waals surface area contributed by atoms with Crippen LogP contribution in [0, 0.1) is 5.92 Å². The van der Waals surface area contributed by atoms with Gasteiger partial charge in [-0.3, -0.25) is 9.59 Å². The second kappa shape index (κ2) is 8.08. The van der Waals surface area contributed by atoms with Crippen molar-refractivity contribution in [2.45, 2.75) is 38.2 Å². The van der Waals surface area contributed by atoms with Crippen molar-refractivity contribution in [3.8, 4) is 5.88 Å². The number of pyridine rings is 1. The van der Waals surface area contributed by atoms with Crippen LogP contribution < -0.4 is 10.1 Å². The number of carbonyl (C=O) groups excluding carboxylic acids is 2. The molecule has 1 aliphatic heterocycles. The van der Waals surface area contributed by atoms with E-state index in [0.717, 1.165) is 37.7 Å². The van der Waals surface area contributed by atoms with E-state index < -0.39 is 0 Å². The van der Waals surface area contributed by atoms with Gasteiger partial charge in [0.25, 0.3) is 5.91 Å². The fourth-order valence-electron chi connectivity index (χ4n) is 3.35. The monoisotopic (exact) mass is 385 g/mol. The SMILES string of the molecule is O=C(Nc1ccc(OC2CCN(C(=O)c3ccsc3)CC2)nc1)C1CCC1. The number of anilines is 1. The van der Waals surface area contributed by atoms with Crippen molar-refractivity contribution in [3.63, 3.8) is 0 Å². The second-order valence-electron chi connectivity index (χ2n) is 7.12. The quantitative estimate of drug-likeness (QED) is 0.854. The molecule has 2 amide bonds. The lowest BCUT2D eigenvalue weighted by Crippen LogP contribution is -2.41. The molecule has 4 rings (SSSR count). The number of piperidine rings is 1. The Morgan fingerprint density at radius 2 is 1.96 bits per heavy atom. The molecule has 0 radical (unpaired) electrons. The minimum absolute atomic E-state index is 0.0550. The van der Waals surface area contributed by atoms with E-state index in [1.54, 1.807) is 12.3 Å². The number of likely N-dealkylation sites (tertiary alicyclic amines) is 1. The van der Waals surface area contributed by atoms with Crippen molar-refractivity contribution in [1.82, 2.24) is 9.88 Å². The molecule has 0 unspecified atom stereocenters. The van der Waals surface area contributed by atoms with Crippen molar-refractivity contribution in [2.24, 2.45) is 5.92 Å². The lowest BCUT2D eigenvalue weighted by Gasteiger charge is -2.31. The minimum Gasteiger partial charge on any atom is -0.474 e. The summed E-state index contributed by atoms with van der Waals surface area (Å²) in [6.07, 6.45) is 6.37. The normalized spacial score (nSPS) is 18.0. The summed E-state index contributed by atoms with van der Waals surface area (Å²) >= 11 is 1.54. The Balaban J connectivity index is 1.25. The first-order valence-corrected chi connectivity index (χ1v) is 10.4. The highest BCUT2D eigenvalue weighted by atomic mass is 32.1. The molecule has 0 aromatic carbocycles. The highest BCUT2D eigenvalue weighted by Crippen LogP contribution is 2.28. The smallest absolute Gasteiger partial charge is 0.254 e. The van der Waals surface area contributed by atoms with Crippen molar-refractivity contribution in [1.29, 1.82) is 0 Å². The van der Waals surface area contributed by atoms with E-state index in [-0.39, 0.29) is 23.8 Å². The zero-order valence-electron chi connectivity index (χ0n) is 15.1. The van der Waals surface area contributed by atoms with Gasteiger partial charge in [0.05, 0.1) is 17.4 Å². The van der Waals surface area contributed by atoms with E-state index in [1.165, 1.54) is 11.3 Å². The zero-order chi connectivity index (χ0) is 18.6. The van der Waals surface area contributed by atoms with E-state index in [2.05, 4.69) is 10.3 Å². The summed E-state index contributed by atoms with van der Waals surface area (Å²) < 4.78 is 5.95. The van der Waals surface area contributed by atoms with Gasteiger partial charge < -0.3 is 15.0 Å². The summed E-state index contributed by atoms with van der Waals surface area (Å²) in [4.78, 5) is 30.5. The van der Waals surface area contributed by atoms with E-state index in [4.69, 9.17) is 4.74 Å². The maximum atomic E-state index is 12.4. The Bertz CT molecular complexity index is 779. The van der Waals surface area contributed by atoms with Gasteiger partial charge >= 0.3 is 0 Å². The Hall–Kier alpha value is -2.41. The first kappa shape index (κ1) is 18.0. The van der Waals surface area contributed by atoms with Crippen LogP contribution in [0.2, 0.25) is 0 Å². The lowest BCUT2D eigenvalue weighted by molar-refractivity contribution is -0.122. The molecule has 7 heteroatoms. The van der Waals surface area contributed by atoms with Crippen LogP contribution in [0.4, 0.5) is 5.69 Å². The van der Waals surface area contributed by atoms with Gasteiger partial charge in [-0.1, -0.05) is 6.42 Å². The van der Waals surface area contributed by atoms with Crippen LogP contribution in [0.3, 0.4) is 0 Å². The number of hydrogen-bond donors (Lipinski definition) is 1. The van der Waals surface area contributed by atoms with E-state index in [1.807, 2.05) is 27.8 Å². The van der Waals surface area contributed by atoms with Crippen LogP contribution in [-0.4, -0.2) is 40.9 Å². The molecule has 1 saturated carbocycles. The van der Waals surface area contributed by atoms with E-state index >= 15 is 0 Å². The predicted octanol–water partition coefficient (Wildman–Crippen LogP) is 3.57. The van der Waals surface area contributed by atoms with Crippen molar-refractivity contribution in [3.05, 3.63) is 40.7 Å². The van der Waals surface area contributed by atoms with E-state index in [0.29, 0.717) is 24.7 Å². The number of nitrogens with zero attached hydrogens (tertiary/aromatic N) is 2. The second-order valence-corrected chi connectivity index (χ2v) is 7.90. The average Bonchev–Trinajstić information content (AvgIpc) is 3.17. The van der Waals surface area contributed by atoms with Gasteiger partial charge in [-0.2, -0.15) is 11.3 Å². The van der Waals surface area contributed by atoms with Crippen LogP contribution in [0.5, 0.6) is 5.88 Å². The standard InChI is InChI=1S/C20H23N3O3S/c24-19(14-2-1-3-14)22-16-4-5-18(21-12-16)26-17-6-9-23(10-7-17)20(25)15-8-11-27-13-15/h4-5,8,11-14,17H,1-3,6-7,9-10H2,(H,22,24). The molecule has 1 aliphatic carbocycles.